The van der Waals surface area contributed by atoms with Gasteiger partial charge in [0.25, 0.3) is 0 Å². The van der Waals surface area contributed by atoms with Gasteiger partial charge in [-0.25, -0.2) is 0 Å². The van der Waals surface area contributed by atoms with Crippen molar-refractivity contribution in [2.75, 3.05) is 6.54 Å². The number of aromatic nitrogens is 1. The van der Waals surface area contributed by atoms with Crippen LogP contribution in [0.1, 0.15) is 31.9 Å². The Morgan fingerprint density at radius 3 is 3.06 bits per heavy atom. The summed E-state index contributed by atoms with van der Waals surface area (Å²) in [5.74, 6) is 0.863. The van der Waals surface area contributed by atoms with Crippen LogP contribution in [0.2, 0.25) is 0 Å². The van der Waals surface area contributed by atoms with Crippen LogP contribution in [-0.4, -0.2) is 17.6 Å². The fourth-order valence-corrected chi connectivity index (χ4v) is 1.89. The maximum absolute atomic E-state index is 5.85. The molecule has 17 heavy (non-hydrogen) atoms. The monoisotopic (exact) mass is 232 g/mol. The summed E-state index contributed by atoms with van der Waals surface area (Å²) in [7, 11) is 0. The van der Waals surface area contributed by atoms with Gasteiger partial charge in [-0.15, -0.1) is 0 Å². The first-order valence-electron chi connectivity index (χ1n) is 6.37. The zero-order valence-corrected chi connectivity index (χ0v) is 10.4. The van der Waals surface area contributed by atoms with Gasteiger partial charge >= 0.3 is 0 Å². The lowest BCUT2D eigenvalue weighted by Crippen LogP contribution is -2.16. The van der Waals surface area contributed by atoms with E-state index in [4.69, 9.17) is 4.74 Å². The first-order valence-corrected chi connectivity index (χ1v) is 6.37. The predicted molar refractivity (Wildman–Crippen MR) is 69.0 cm³/mol. The Bertz CT molecular complexity index is 359. The van der Waals surface area contributed by atoms with Gasteiger partial charge < -0.3 is 10.1 Å². The van der Waals surface area contributed by atoms with Gasteiger partial charge in [0.15, 0.2) is 0 Å². The fourth-order valence-electron chi connectivity index (χ4n) is 1.89. The summed E-state index contributed by atoms with van der Waals surface area (Å²) in [4.78, 5) is 4.37. The molecule has 1 aromatic heterocycles. The summed E-state index contributed by atoms with van der Waals surface area (Å²) < 4.78 is 5.85. The number of pyridine rings is 1. The Hall–Kier alpha value is -1.35. The smallest absolute Gasteiger partial charge is 0.138 e. The molecule has 3 heteroatoms. The minimum atomic E-state index is 0.227. The first-order chi connectivity index (χ1) is 8.38. The molecule has 92 valence electrons. The second kappa shape index (κ2) is 6.40. The van der Waals surface area contributed by atoms with E-state index in [9.17, 15) is 0 Å². The largest absolute Gasteiger partial charge is 0.485 e. The molecule has 1 heterocycles. The molecule has 0 fully saturated rings. The Morgan fingerprint density at radius 2 is 2.41 bits per heavy atom. The Kier molecular flexibility index (Phi) is 4.56. The number of rotatable bonds is 5. The van der Waals surface area contributed by atoms with E-state index >= 15 is 0 Å². The minimum absolute atomic E-state index is 0.227. The van der Waals surface area contributed by atoms with Crippen LogP contribution in [0.3, 0.4) is 0 Å². The van der Waals surface area contributed by atoms with Crippen LogP contribution in [-0.2, 0) is 6.54 Å². The summed E-state index contributed by atoms with van der Waals surface area (Å²) in [6.45, 7) is 3.87. The van der Waals surface area contributed by atoms with Crippen molar-refractivity contribution < 1.29 is 4.74 Å². The molecule has 0 spiro atoms. The summed E-state index contributed by atoms with van der Waals surface area (Å²) in [6.07, 6.45) is 9.89. The molecule has 0 aliphatic heterocycles. The molecular weight excluding hydrogens is 212 g/mol. The Morgan fingerprint density at radius 1 is 1.47 bits per heavy atom. The molecule has 1 atom stereocenters. The summed E-state index contributed by atoms with van der Waals surface area (Å²) in [5.41, 5.74) is 1.05. The number of hydrogen-bond acceptors (Lipinski definition) is 3. The van der Waals surface area contributed by atoms with Gasteiger partial charge in [0.05, 0.1) is 11.9 Å². The van der Waals surface area contributed by atoms with Crippen molar-refractivity contribution in [3.63, 3.8) is 0 Å². The maximum atomic E-state index is 5.85. The van der Waals surface area contributed by atoms with Crippen molar-refractivity contribution >= 4 is 0 Å². The van der Waals surface area contributed by atoms with Crippen LogP contribution in [0.25, 0.3) is 0 Å². The zero-order chi connectivity index (χ0) is 11.9. The van der Waals surface area contributed by atoms with Crippen LogP contribution in [0.4, 0.5) is 0 Å². The molecule has 1 aromatic rings. The van der Waals surface area contributed by atoms with Gasteiger partial charge in [-0.2, -0.15) is 0 Å². The standard InChI is InChI=1S/C14H20N2O/c1-2-15-10-12-8-9-14(11-16-12)17-13-6-4-3-5-7-13/h4,6,8-9,11,13,15H,2-3,5,7,10H2,1H3. The first kappa shape index (κ1) is 12.1. The van der Waals surface area contributed by atoms with Crippen molar-refractivity contribution in [1.29, 1.82) is 0 Å². The summed E-state index contributed by atoms with van der Waals surface area (Å²) in [6, 6.07) is 4.02. The average molecular weight is 232 g/mol. The van der Waals surface area contributed by atoms with Crippen molar-refractivity contribution in [2.45, 2.75) is 38.8 Å². The van der Waals surface area contributed by atoms with Gasteiger partial charge in [0.2, 0.25) is 0 Å². The molecule has 0 amide bonds. The minimum Gasteiger partial charge on any atom is -0.485 e. The van der Waals surface area contributed by atoms with Crippen LogP contribution >= 0.6 is 0 Å². The molecule has 0 bridgehead atoms. The molecule has 0 saturated heterocycles. The highest BCUT2D eigenvalue weighted by Crippen LogP contribution is 2.18. The molecule has 0 radical (unpaired) electrons. The molecular formula is C14H20N2O. The highest BCUT2D eigenvalue weighted by molar-refractivity contribution is 5.21. The van der Waals surface area contributed by atoms with E-state index in [0.29, 0.717) is 0 Å². The molecule has 1 aliphatic rings. The quantitative estimate of drug-likeness (QED) is 0.793. The van der Waals surface area contributed by atoms with Crippen molar-refractivity contribution in [3.05, 3.63) is 36.2 Å². The normalized spacial score (nSPS) is 19.2. The van der Waals surface area contributed by atoms with E-state index in [-0.39, 0.29) is 6.10 Å². The molecule has 3 nitrogen and oxygen atoms in total. The Labute approximate surface area is 103 Å². The number of nitrogens with one attached hydrogen (secondary N) is 1. The van der Waals surface area contributed by atoms with E-state index < -0.39 is 0 Å². The predicted octanol–water partition coefficient (Wildman–Crippen LogP) is 2.68. The third-order valence-electron chi connectivity index (χ3n) is 2.85. The van der Waals surface area contributed by atoms with E-state index in [1.807, 2.05) is 18.3 Å². The van der Waals surface area contributed by atoms with Crippen LogP contribution in [0.15, 0.2) is 30.5 Å². The summed E-state index contributed by atoms with van der Waals surface area (Å²) in [5, 5.41) is 3.25. The molecule has 1 aliphatic carbocycles. The lowest BCUT2D eigenvalue weighted by atomic mass is 10.1. The third-order valence-corrected chi connectivity index (χ3v) is 2.85. The molecule has 2 rings (SSSR count). The summed E-state index contributed by atoms with van der Waals surface area (Å²) >= 11 is 0. The number of nitrogens with zero attached hydrogens (tertiary/aromatic N) is 1. The molecule has 1 unspecified atom stereocenters. The van der Waals surface area contributed by atoms with E-state index in [1.54, 1.807) is 0 Å². The second-order valence-electron chi connectivity index (χ2n) is 4.28. The van der Waals surface area contributed by atoms with Gasteiger partial charge in [-0.3, -0.25) is 4.98 Å². The SMILES string of the molecule is CCNCc1ccc(OC2C=CCCC2)cn1. The van der Waals surface area contributed by atoms with Gasteiger partial charge in [-0.1, -0.05) is 13.0 Å². The van der Waals surface area contributed by atoms with E-state index in [1.165, 1.54) is 12.8 Å². The van der Waals surface area contributed by atoms with Gasteiger partial charge in [0, 0.05) is 6.54 Å². The van der Waals surface area contributed by atoms with Crippen molar-refractivity contribution in [3.8, 4) is 5.75 Å². The van der Waals surface area contributed by atoms with Crippen LogP contribution < -0.4 is 10.1 Å². The Balaban J connectivity index is 1.88. The van der Waals surface area contributed by atoms with E-state index in [2.05, 4.69) is 29.4 Å². The van der Waals surface area contributed by atoms with Gasteiger partial charge in [0.1, 0.15) is 11.9 Å². The number of hydrogen-bond donors (Lipinski definition) is 1. The fraction of sp³-hybridized carbons (Fsp3) is 0.500. The number of ether oxygens (including phenoxy) is 1. The highest BCUT2D eigenvalue weighted by atomic mass is 16.5. The van der Waals surface area contributed by atoms with Crippen molar-refractivity contribution in [1.82, 2.24) is 10.3 Å². The van der Waals surface area contributed by atoms with Crippen LogP contribution in [0, 0.1) is 0 Å². The van der Waals surface area contributed by atoms with Gasteiger partial charge in [-0.05, 0) is 44.0 Å². The highest BCUT2D eigenvalue weighted by Gasteiger charge is 2.09. The van der Waals surface area contributed by atoms with Crippen molar-refractivity contribution in [2.24, 2.45) is 0 Å². The molecule has 0 saturated carbocycles. The topological polar surface area (TPSA) is 34.1 Å². The van der Waals surface area contributed by atoms with E-state index in [0.717, 1.165) is 31.0 Å². The molecule has 0 aromatic carbocycles. The second-order valence-corrected chi connectivity index (χ2v) is 4.28. The maximum Gasteiger partial charge on any atom is 0.138 e. The van der Waals surface area contributed by atoms with Crippen LogP contribution in [0.5, 0.6) is 5.75 Å². The lowest BCUT2D eigenvalue weighted by Gasteiger charge is -2.18. The molecule has 1 N–H and O–H groups in total. The third kappa shape index (κ3) is 3.86. The zero-order valence-electron chi connectivity index (χ0n) is 10.4. The number of allylic oxidation sites excluding steroid dienone is 1. The average Bonchev–Trinajstić information content (AvgIpc) is 2.39. The lowest BCUT2D eigenvalue weighted by molar-refractivity contribution is 0.229.